The summed E-state index contributed by atoms with van der Waals surface area (Å²) in [6.07, 6.45) is 4.07. The van der Waals surface area contributed by atoms with Crippen molar-refractivity contribution < 1.29 is 28.7 Å². The van der Waals surface area contributed by atoms with Gasteiger partial charge in [-0.1, -0.05) is 0 Å². The van der Waals surface area contributed by atoms with E-state index in [1.807, 2.05) is 11.0 Å². The SMILES string of the molecule is O=C1CCC(N2Cc3cc(OC[C@@H]4CCCCN4C(=O)CCN4CCOCC4)ccc3C2=O)C(=O)N1. The first kappa shape index (κ1) is 24.7. The van der Waals surface area contributed by atoms with Crippen LogP contribution in [0.1, 0.15) is 54.4 Å². The summed E-state index contributed by atoms with van der Waals surface area (Å²) in [5.74, 6) is -0.0884. The van der Waals surface area contributed by atoms with Crippen molar-refractivity contribution in [3.63, 3.8) is 0 Å². The van der Waals surface area contributed by atoms with Crippen LogP contribution in [0.15, 0.2) is 18.2 Å². The van der Waals surface area contributed by atoms with Crippen LogP contribution in [0, 0.1) is 0 Å². The van der Waals surface area contributed by atoms with Gasteiger partial charge < -0.3 is 19.3 Å². The Hall–Kier alpha value is -2.98. The summed E-state index contributed by atoms with van der Waals surface area (Å²) in [5.41, 5.74) is 1.37. The number of hydrogen-bond donors (Lipinski definition) is 1. The topological polar surface area (TPSA) is 108 Å². The quantitative estimate of drug-likeness (QED) is 0.557. The molecule has 0 aromatic heterocycles. The van der Waals surface area contributed by atoms with Gasteiger partial charge in [0.2, 0.25) is 17.7 Å². The molecule has 10 nitrogen and oxygen atoms in total. The van der Waals surface area contributed by atoms with Crippen molar-refractivity contribution in [2.75, 3.05) is 46.0 Å². The molecule has 4 aliphatic rings. The first-order chi connectivity index (χ1) is 17.5. The van der Waals surface area contributed by atoms with E-state index in [1.165, 1.54) is 4.90 Å². The molecule has 0 saturated carbocycles. The molecule has 1 aromatic carbocycles. The molecule has 1 unspecified atom stereocenters. The number of carbonyl (C=O) groups is 4. The standard InChI is InChI=1S/C26H34N4O6/c31-23-7-6-22(25(33)27-23)30-16-18-15-20(4-5-21(18)26(30)34)36-17-19-3-1-2-9-29(19)24(32)8-10-28-11-13-35-14-12-28/h4-5,15,19,22H,1-3,6-14,16-17H2,(H,27,31,33)/t19-,22?/m0/s1. The van der Waals surface area contributed by atoms with E-state index in [0.29, 0.717) is 37.3 Å². The Balaban J connectivity index is 1.17. The van der Waals surface area contributed by atoms with Crippen LogP contribution >= 0.6 is 0 Å². The maximum absolute atomic E-state index is 13.0. The summed E-state index contributed by atoms with van der Waals surface area (Å²) in [6.45, 7) is 5.45. The number of rotatable bonds is 7. The second-order valence-corrected chi connectivity index (χ2v) is 9.97. The van der Waals surface area contributed by atoms with E-state index >= 15 is 0 Å². The molecule has 4 aliphatic heterocycles. The number of amides is 4. The fourth-order valence-corrected chi connectivity index (χ4v) is 5.56. The molecular weight excluding hydrogens is 464 g/mol. The fourth-order valence-electron chi connectivity index (χ4n) is 5.56. The molecule has 0 bridgehead atoms. The van der Waals surface area contributed by atoms with E-state index in [0.717, 1.165) is 64.2 Å². The van der Waals surface area contributed by atoms with E-state index in [4.69, 9.17) is 9.47 Å². The number of morpholine rings is 1. The van der Waals surface area contributed by atoms with Gasteiger partial charge in [0.1, 0.15) is 18.4 Å². The molecule has 0 spiro atoms. The van der Waals surface area contributed by atoms with Crippen molar-refractivity contribution in [3.8, 4) is 5.75 Å². The molecule has 194 valence electrons. The lowest BCUT2D eigenvalue weighted by Crippen LogP contribution is -2.52. The number of piperidine rings is 2. The predicted molar refractivity (Wildman–Crippen MR) is 129 cm³/mol. The average molecular weight is 499 g/mol. The highest BCUT2D eigenvalue weighted by atomic mass is 16.5. The van der Waals surface area contributed by atoms with Crippen LogP contribution in [0.25, 0.3) is 0 Å². The molecule has 0 aliphatic carbocycles. The number of carbonyl (C=O) groups excluding carboxylic acids is 4. The predicted octanol–water partition coefficient (Wildman–Crippen LogP) is 0.930. The smallest absolute Gasteiger partial charge is 0.255 e. The third kappa shape index (κ3) is 5.39. The Kier molecular flexibility index (Phi) is 7.52. The fraction of sp³-hybridized carbons (Fsp3) is 0.615. The Labute approximate surface area is 210 Å². The Bertz CT molecular complexity index is 1020. The lowest BCUT2D eigenvalue weighted by Gasteiger charge is -2.36. The van der Waals surface area contributed by atoms with Gasteiger partial charge in [-0.25, -0.2) is 0 Å². The van der Waals surface area contributed by atoms with Crippen molar-refractivity contribution in [2.24, 2.45) is 0 Å². The monoisotopic (exact) mass is 498 g/mol. The zero-order valence-corrected chi connectivity index (χ0v) is 20.6. The first-order valence-corrected chi connectivity index (χ1v) is 13.0. The Morgan fingerprint density at radius 1 is 1.08 bits per heavy atom. The van der Waals surface area contributed by atoms with Gasteiger partial charge in [0.25, 0.3) is 5.91 Å². The van der Waals surface area contributed by atoms with Crippen LogP contribution in [0.3, 0.4) is 0 Å². The normalized spacial score (nSPS) is 25.1. The molecule has 1 N–H and O–H groups in total. The zero-order chi connectivity index (χ0) is 25.1. The van der Waals surface area contributed by atoms with E-state index < -0.39 is 11.9 Å². The van der Waals surface area contributed by atoms with Crippen molar-refractivity contribution in [1.29, 1.82) is 0 Å². The summed E-state index contributed by atoms with van der Waals surface area (Å²) in [6, 6.07) is 4.77. The minimum atomic E-state index is -0.633. The molecule has 4 amide bonds. The van der Waals surface area contributed by atoms with E-state index in [9.17, 15) is 19.2 Å². The summed E-state index contributed by atoms with van der Waals surface area (Å²) in [5, 5.41) is 2.33. The third-order valence-electron chi connectivity index (χ3n) is 7.63. The van der Waals surface area contributed by atoms with E-state index in [2.05, 4.69) is 10.2 Å². The summed E-state index contributed by atoms with van der Waals surface area (Å²) >= 11 is 0. The minimum Gasteiger partial charge on any atom is -0.491 e. The largest absolute Gasteiger partial charge is 0.491 e. The maximum atomic E-state index is 13.0. The Morgan fingerprint density at radius 3 is 2.72 bits per heavy atom. The number of nitrogens with zero attached hydrogens (tertiary/aromatic N) is 3. The van der Waals surface area contributed by atoms with Crippen LogP contribution < -0.4 is 10.1 Å². The van der Waals surface area contributed by atoms with Gasteiger partial charge >= 0.3 is 0 Å². The van der Waals surface area contributed by atoms with E-state index in [-0.39, 0.29) is 30.2 Å². The van der Waals surface area contributed by atoms with Crippen LogP contribution in [-0.2, 0) is 25.7 Å². The maximum Gasteiger partial charge on any atom is 0.255 e. The van der Waals surface area contributed by atoms with Crippen LogP contribution in [0.5, 0.6) is 5.75 Å². The lowest BCUT2D eigenvalue weighted by atomic mass is 10.0. The van der Waals surface area contributed by atoms with Gasteiger partial charge in [0.15, 0.2) is 0 Å². The van der Waals surface area contributed by atoms with Crippen molar-refractivity contribution in [1.82, 2.24) is 20.0 Å². The molecule has 36 heavy (non-hydrogen) atoms. The zero-order valence-electron chi connectivity index (χ0n) is 20.6. The summed E-state index contributed by atoms with van der Waals surface area (Å²) in [7, 11) is 0. The van der Waals surface area contributed by atoms with E-state index in [1.54, 1.807) is 12.1 Å². The van der Waals surface area contributed by atoms with Gasteiger partial charge in [-0.15, -0.1) is 0 Å². The van der Waals surface area contributed by atoms with Gasteiger partial charge in [0, 0.05) is 51.1 Å². The number of benzene rings is 1. The Morgan fingerprint density at radius 2 is 1.92 bits per heavy atom. The number of imide groups is 1. The number of ether oxygens (including phenoxy) is 2. The van der Waals surface area contributed by atoms with Crippen LogP contribution in [0.4, 0.5) is 0 Å². The molecule has 1 aromatic rings. The molecular formula is C26H34N4O6. The van der Waals surface area contributed by atoms with Gasteiger partial charge in [-0.3, -0.25) is 29.4 Å². The number of nitrogens with one attached hydrogen (secondary N) is 1. The first-order valence-electron chi connectivity index (χ1n) is 13.0. The second kappa shape index (κ2) is 11.0. The highest BCUT2D eigenvalue weighted by Crippen LogP contribution is 2.30. The second-order valence-electron chi connectivity index (χ2n) is 9.97. The molecule has 0 radical (unpaired) electrons. The minimum absolute atomic E-state index is 0.0331. The van der Waals surface area contributed by atoms with Crippen molar-refractivity contribution in [2.45, 2.75) is 57.2 Å². The number of likely N-dealkylation sites (tertiary alicyclic amines) is 1. The summed E-state index contributed by atoms with van der Waals surface area (Å²) < 4.78 is 11.5. The van der Waals surface area contributed by atoms with Crippen LogP contribution in [-0.4, -0.2) is 96.4 Å². The van der Waals surface area contributed by atoms with Gasteiger partial charge in [0.05, 0.1) is 19.3 Å². The molecule has 10 heteroatoms. The van der Waals surface area contributed by atoms with Crippen LogP contribution in [0.2, 0.25) is 0 Å². The molecule has 3 saturated heterocycles. The van der Waals surface area contributed by atoms with Crippen molar-refractivity contribution in [3.05, 3.63) is 29.3 Å². The average Bonchev–Trinajstić information content (AvgIpc) is 3.22. The molecule has 5 rings (SSSR count). The molecule has 4 heterocycles. The van der Waals surface area contributed by atoms with Gasteiger partial charge in [-0.05, 0) is 49.4 Å². The molecule has 2 atom stereocenters. The highest BCUT2D eigenvalue weighted by Gasteiger charge is 2.39. The highest BCUT2D eigenvalue weighted by molar-refractivity contribution is 6.05. The van der Waals surface area contributed by atoms with Crippen molar-refractivity contribution >= 4 is 23.6 Å². The molecule has 3 fully saturated rings. The number of fused-ring (bicyclic) bond motifs is 1. The van der Waals surface area contributed by atoms with Gasteiger partial charge in [-0.2, -0.15) is 0 Å². The lowest BCUT2D eigenvalue weighted by molar-refractivity contribution is -0.137. The summed E-state index contributed by atoms with van der Waals surface area (Å²) in [4.78, 5) is 55.4. The third-order valence-corrected chi connectivity index (χ3v) is 7.63. The number of hydrogen-bond acceptors (Lipinski definition) is 7.